The van der Waals surface area contributed by atoms with Crippen molar-refractivity contribution in [1.82, 2.24) is 10.2 Å². The summed E-state index contributed by atoms with van der Waals surface area (Å²) in [6.07, 6.45) is 3.44. The average Bonchev–Trinajstić information content (AvgIpc) is 2.50. The van der Waals surface area contributed by atoms with E-state index in [2.05, 4.69) is 15.2 Å². The molecule has 1 aliphatic heterocycles. The van der Waals surface area contributed by atoms with E-state index in [1.54, 1.807) is 0 Å². The molecule has 0 aromatic heterocycles. The number of carbonyl (C=O) groups is 1. The minimum Gasteiger partial charge on any atom is -0.381 e. The zero-order chi connectivity index (χ0) is 16.6. The van der Waals surface area contributed by atoms with Crippen molar-refractivity contribution in [3.63, 3.8) is 0 Å². The fraction of sp³-hybridized carbons (Fsp3) is 0.875. The Morgan fingerprint density at radius 1 is 1.41 bits per heavy atom. The van der Waals surface area contributed by atoms with Crippen molar-refractivity contribution in [2.75, 3.05) is 39.9 Å². The van der Waals surface area contributed by atoms with Crippen molar-refractivity contribution in [3.05, 3.63) is 0 Å². The van der Waals surface area contributed by atoms with Gasteiger partial charge in [0.1, 0.15) is 0 Å². The van der Waals surface area contributed by atoms with Crippen LogP contribution in [0.5, 0.6) is 0 Å². The zero-order valence-electron chi connectivity index (χ0n) is 14.5. The highest BCUT2D eigenvalue weighted by Crippen LogP contribution is 2.19. The van der Waals surface area contributed by atoms with E-state index in [-0.39, 0.29) is 5.91 Å². The van der Waals surface area contributed by atoms with Crippen LogP contribution >= 0.6 is 0 Å². The highest BCUT2D eigenvalue weighted by molar-refractivity contribution is 5.82. The van der Waals surface area contributed by atoms with E-state index in [9.17, 15) is 4.79 Å². The molecular weight excluding hydrogens is 280 g/mol. The lowest BCUT2D eigenvalue weighted by atomic mass is 9.93. The largest absolute Gasteiger partial charge is 0.381 e. The first-order valence-corrected chi connectivity index (χ1v) is 8.24. The number of nitrogens with one attached hydrogen (secondary N) is 1. The number of amides is 1. The van der Waals surface area contributed by atoms with Gasteiger partial charge in [0.25, 0.3) is 0 Å². The normalized spacial score (nSPS) is 17.4. The van der Waals surface area contributed by atoms with Crippen LogP contribution in [0.1, 0.15) is 40.0 Å². The monoisotopic (exact) mass is 312 g/mol. The molecule has 6 heteroatoms. The summed E-state index contributed by atoms with van der Waals surface area (Å²) in [5.41, 5.74) is 4.79. The Morgan fingerprint density at radius 3 is 2.59 bits per heavy atom. The first-order valence-electron chi connectivity index (χ1n) is 8.24. The van der Waals surface area contributed by atoms with E-state index in [0.717, 1.165) is 57.4 Å². The first-order chi connectivity index (χ1) is 10.4. The van der Waals surface area contributed by atoms with Crippen molar-refractivity contribution in [1.29, 1.82) is 0 Å². The van der Waals surface area contributed by atoms with Gasteiger partial charge in [0.05, 0.1) is 12.0 Å². The first kappa shape index (κ1) is 18.7. The molecule has 1 fully saturated rings. The predicted molar refractivity (Wildman–Crippen MR) is 89.7 cm³/mol. The van der Waals surface area contributed by atoms with Gasteiger partial charge in [-0.15, -0.1) is 0 Å². The van der Waals surface area contributed by atoms with Crippen LogP contribution in [0.2, 0.25) is 0 Å². The lowest BCUT2D eigenvalue weighted by Crippen LogP contribution is -2.42. The second kappa shape index (κ2) is 8.98. The Kier molecular flexibility index (Phi) is 7.65. The van der Waals surface area contributed by atoms with E-state index in [4.69, 9.17) is 10.5 Å². The van der Waals surface area contributed by atoms with Crippen LogP contribution in [0.15, 0.2) is 4.99 Å². The maximum atomic E-state index is 11.4. The second-order valence-electron chi connectivity index (χ2n) is 6.68. The minimum atomic E-state index is -0.623. The number of rotatable bonds is 7. The summed E-state index contributed by atoms with van der Waals surface area (Å²) in [6.45, 7) is 9.61. The summed E-state index contributed by atoms with van der Waals surface area (Å²) in [5.74, 6) is 1.25. The molecule has 1 rings (SSSR count). The Hall–Kier alpha value is -1.30. The summed E-state index contributed by atoms with van der Waals surface area (Å²) in [5, 5.41) is 3.28. The van der Waals surface area contributed by atoms with Crippen molar-refractivity contribution < 1.29 is 9.53 Å². The van der Waals surface area contributed by atoms with Gasteiger partial charge in [-0.1, -0.05) is 0 Å². The maximum Gasteiger partial charge on any atom is 0.224 e. The van der Waals surface area contributed by atoms with Gasteiger partial charge in [-0.25, -0.2) is 0 Å². The molecule has 0 radical (unpaired) electrons. The molecule has 0 aromatic rings. The average molecular weight is 312 g/mol. The molecule has 6 nitrogen and oxygen atoms in total. The zero-order valence-corrected chi connectivity index (χ0v) is 14.5. The molecule has 22 heavy (non-hydrogen) atoms. The van der Waals surface area contributed by atoms with Crippen LogP contribution in [-0.4, -0.2) is 56.7 Å². The number of aliphatic imine (C=N–C) groups is 1. The quantitative estimate of drug-likeness (QED) is 0.547. The molecule has 0 saturated carbocycles. The van der Waals surface area contributed by atoms with Crippen molar-refractivity contribution in [2.24, 2.45) is 22.1 Å². The van der Waals surface area contributed by atoms with Gasteiger partial charge in [0.2, 0.25) is 5.91 Å². The van der Waals surface area contributed by atoms with Crippen LogP contribution in [0, 0.1) is 11.3 Å². The second-order valence-corrected chi connectivity index (χ2v) is 6.68. The number of ether oxygens (including phenoxy) is 1. The Morgan fingerprint density at radius 2 is 2.05 bits per heavy atom. The van der Waals surface area contributed by atoms with Gasteiger partial charge in [-0.3, -0.25) is 9.79 Å². The number of primary amides is 1. The maximum absolute atomic E-state index is 11.4. The lowest BCUT2D eigenvalue weighted by molar-refractivity contribution is -0.125. The highest BCUT2D eigenvalue weighted by atomic mass is 16.5. The third kappa shape index (κ3) is 6.22. The predicted octanol–water partition coefficient (Wildman–Crippen LogP) is 1.21. The molecule has 1 heterocycles. The molecule has 1 amide bonds. The Balaban J connectivity index is 2.54. The summed E-state index contributed by atoms with van der Waals surface area (Å²) >= 11 is 0. The standard InChI is InChI=1S/C16H32N4O2/c1-5-18-15(19-12-16(2,3)14(17)21)20(4)9-6-13-7-10-22-11-8-13/h13H,5-12H2,1-4H3,(H2,17,21)(H,18,19). The number of hydrogen-bond acceptors (Lipinski definition) is 3. The molecule has 3 N–H and O–H groups in total. The van der Waals surface area contributed by atoms with Crippen LogP contribution in [0.4, 0.5) is 0 Å². The summed E-state index contributed by atoms with van der Waals surface area (Å²) in [7, 11) is 2.04. The molecular formula is C16H32N4O2. The Labute approximate surface area is 134 Å². The number of nitrogens with zero attached hydrogens (tertiary/aromatic N) is 2. The van der Waals surface area contributed by atoms with E-state index >= 15 is 0 Å². The van der Waals surface area contributed by atoms with Gasteiger partial charge in [0.15, 0.2) is 5.96 Å². The fourth-order valence-electron chi connectivity index (χ4n) is 2.34. The van der Waals surface area contributed by atoms with Gasteiger partial charge in [-0.05, 0) is 46.0 Å². The molecule has 128 valence electrons. The molecule has 0 unspecified atom stereocenters. The molecule has 0 aromatic carbocycles. The smallest absolute Gasteiger partial charge is 0.224 e. The SMILES string of the molecule is CCNC(=NCC(C)(C)C(N)=O)N(C)CCC1CCOCC1. The minimum absolute atomic E-state index is 0.322. The van der Waals surface area contributed by atoms with E-state index in [1.807, 2.05) is 27.8 Å². The summed E-state index contributed by atoms with van der Waals surface area (Å²) in [4.78, 5) is 18.1. The summed E-state index contributed by atoms with van der Waals surface area (Å²) in [6, 6.07) is 0. The van der Waals surface area contributed by atoms with Gasteiger partial charge < -0.3 is 20.7 Å². The number of nitrogens with two attached hydrogens (primary N) is 1. The van der Waals surface area contributed by atoms with E-state index in [0.29, 0.717) is 6.54 Å². The molecule has 0 bridgehead atoms. The van der Waals surface area contributed by atoms with E-state index < -0.39 is 5.41 Å². The van der Waals surface area contributed by atoms with Crippen LogP contribution in [0.3, 0.4) is 0 Å². The summed E-state index contributed by atoms with van der Waals surface area (Å²) < 4.78 is 5.40. The third-order valence-corrected chi connectivity index (χ3v) is 4.20. The topological polar surface area (TPSA) is 79.9 Å². The fourth-order valence-corrected chi connectivity index (χ4v) is 2.34. The van der Waals surface area contributed by atoms with Crippen molar-refractivity contribution in [2.45, 2.75) is 40.0 Å². The number of carbonyl (C=O) groups excluding carboxylic acids is 1. The van der Waals surface area contributed by atoms with Gasteiger partial charge in [-0.2, -0.15) is 0 Å². The van der Waals surface area contributed by atoms with Crippen LogP contribution in [0.25, 0.3) is 0 Å². The van der Waals surface area contributed by atoms with Crippen molar-refractivity contribution >= 4 is 11.9 Å². The number of guanidine groups is 1. The molecule has 1 saturated heterocycles. The van der Waals surface area contributed by atoms with Gasteiger partial charge >= 0.3 is 0 Å². The number of hydrogen-bond donors (Lipinski definition) is 2. The van der Waals surface area contributed by atoms with E-state index in [1.165, 1.54) is 0 Å². The van der Waals surface area contributed by atoms with Crippen molar-refractivity contribution in [3.8, 4) is 0 Å². The molecule has 0 spiro atoms. The molecule has 0 aliphatic carbocycles. The van der Waals surface area contributed by atoms with Gasteiger partial charge in [0, 0.05) is 33.4 Å². The third-order valence-electron chi connectivity index (χ3n) is 4.20. The lowest BCUT2D eigenvalue weighted by Gasteiger charge is -2.27. The van der Waals surface area contributed by atoms with Crippen LogP contribution < -0.4 is 11.1 Å². The highest BCUT2D eigenvalue weighted by Gasteiger charge is 2.25. The van der Waals surface area contributed by atoms with Crippen LogP contribution in [-0.2, 0) is 9.53 Å². The Bertz CT molecular complexity index is 376. The molecule has 0 atom stereocenters. The molecule has 1 aliphatic rings.